The average molecular weight is 286 g/mol. The molecule has 2 saturated heterocycles. The first-order valence-corrected chi connectivity index (χ1v) is 7.92. The van der Waals surface area contributed by atoms with Gasteiger partial charge in [0.05, 0.1) is 13.2 Å². The quantitative estimate of drug-likeness (QED) is 0.773. The van der Waals surface area contributed by atoms with Crippen molar-refractivity contribution in [3.63, 3.8) is 0 Å². The number of nitrogens with zero attached hydrogens (tertiary/aromatic N) is 2. The van der Waals surface area contributed by atoms with Crippen LogP contribution in [0.2, 0.25) is 0 Å². The average Bonchev–Trinajstić information content (AvgIpc) is 2.46. The maximum Gasteiger partial charge on any atom is 0.101 e. The molecule has 2 unspecified atom stereocenters. The van der Waals surface area contributed by atoms with Gasteiger partial charge >= 0.3 is 0 Å². The van der Waals surface area contributed by atoms with Gasteiger partial charge in [0, 0.05) is 52.5 Å². The zero-order valence-corrected chi connectivity index (χ0v) is 13.0. The minimum Gasteiger partial charge on any atom is -0.386 e. The highest BCUT2D eigenvalue weighted by molar-refractivity contribution is 4.89. The Morgan fingerprint density at radius 2 is 2.25 bits per heavy atom. The normalized spacial score (nSPS) is 33.5. The lowest BCUT2D eigenvalue weighted by Crippen LogP contribution is -2.58. The molecule has 0 aromatic heterocycles. The number of rotatable bonds is 6. The van der Waals surface area contributed by atoms with Crippen LogP contribution >= 0.6 is 0 Å². The maximum atomic E-state index is 10.6. The molecule has 0 saturated carbocycles. The van der Waals surface area contributed by atoms with Gasteiger partial charge in [-0.1, -0.05) is 6.92 Å². The molecule has 0 aromatic carbocycles. The monoisotopic (exact) mass is 286 g/mol. The molecule has 2 aliphatic heterocycles. The minimum atomic E-state index is -0.634. The Morgan fingerprint density at radius 1 is 1.40 bits per heavy atom. The van der Waals surface area contributed by atoms with Crippen molar-refractivity contribution in [3.8, 4) is 0 Å². The number of aliphatic hydroxyl groups is 1. The molecule has 0 spiro atoms. The molecule has 2 atom stereocenters. The molecule has 0 radical (unpaired) electrons. The number of methoxy groups -OCH3 is 1. The van der Waals surface area contributed by atoms with E-state index < -0.39 is 5.60 Å². The Balaban J connectivity index is 1.83. The van der Waals surface area contributed by atoms with Crippen LogP contribution in [0.1, 0.15) is 26.2 Å². The van der Waals surface area contributed by atoms with Crippen molar-refractivity contribution in [2.75, 3.05) is 59.7 Å². The van der Waals surface area contributed by atoms with Gasteiger partial charge in [0.25, 0.3) is 0 Å². The van der Waals surface area contributed by atoms with Crippen LogP contribution in [0.25, 0.3) is 0 Å². The number of hydrogen-bond acceptors (Lipinski definition) is 5. The highest BCUT2D eigenvalue weighted by atomic mass is 16.5. The topological polar surface area (TPSA) is 45.2 Å². The number of β-amino-alcohol motifs (C(OH)–C–C–N with tert-alkyl or cyclic N) is 1. The first kappa shape index (κ1) is 16.2. The molecule has 0 aromatic rings. The Labute approximate surface area is 122 Å². The van der Waals surface area contributed by atoms with Crippen molar-refractivity contribution < 1.29 is 14.6 Å². The third-order valence-corrected chi connectivity index (χ3v) is 4.56. The number of hydrogen-bond donors (Lipinski definition) is 1. The predicted octanol–water partition coefficient (Wildman–Crippen LogP) is 0.571. The molecule has 2 heterocycles. The summed E-state index contributed by atoms with van der Waals surface area (Å²) in [7, 11) is 1.76. The lowest BCUT2D eigenvalue weighted by Gasteiger charge is -2.44. The van der Waals surface area contributed by atoms with Crippen molar-refractivity contribution in [1.82, 2.24) is 9.80 Å². The van der Waals surface area contributed by atoms with Gasteiger partial charge in [-0.3, -0.25) is 9.80 Å². The van der Waals surface area contributed by atoms with Crippen LogP contribution in [0.4, 0.5) is 0 Å². The van der Waals surface area contributed by atoms with E-state index in [1.165, 1.54) is 0 Å². The fourth-order valence-corrected chi connectivity index (χ4v) is 3.37. The van der Waals surface area contributed by atoms with Crippen LogP contribution in [-0.4, -0.2) is 86.2 Å². The van der Waals surface area contributed by atoms with E-state index in [2.05, 4.69) is 16.7 Å². The fraction of sp³-hybridized carbons (Fsp3) is 1.00. The summed E-state index contributed by atoms with van der Waals surface area (Å²) in [6, 6.07) is 0.576. The standard InChI is InChI=1S/C15H30N2O3/c1-3-14-11-16(6-7-17(14)8-10-19-2)12-15(18)5-4-9-20-13-15/h14,18H,3-13H2,1-2H3. The van der Waals surface area contributed by atoms with Crippen molar-refractivity contribution in [1.29, 1.82) is 0 Å². The second-order valence-electron chi connectivity index (χ2n) is 6.21. The fourth-order valence-electron chi connectivity index (χ4n) is 3.37. The molecule has 2 aliphatic rings. The van der Waals surface area contributed by atoms with E-state index in [9.17, 15) is 5.11 Å². The van der Waals surface area contributed by atoms with Crippen LogP contribution < -0.4 is 0 Å². The van der Waals surface area contributed by atoms with Gasteiger partial charge in [0.1, 0.15) is 5.60 Å². The summed E-state index contributed by atoms with van der Waals surface area (Å²) in [6.07, 6.45) is 2.99. The Kier molecular flexibility index (Phi) is 6.23. The maximum absolute atomic E-state index is 10.6. The van der Waals surface area contributed by atoms with E-state index in [1.807, 2.05) is 0 Å². The third kappa shape index (κ3) is 4.40. The first-order valence-electron chi connectivity index (χ1n) is 7.92. The third-order valence-electron chi connectivity index (χ3n) is 4.56. The summed E-state index contributed by atoms with van der Waals surface area (Å²) in [5, 5.41) is 10.6. The highest BCUT2D eigenvalue weighted by Crippen LogP contribution is 2.22. The second kappa shape index (κ2) is 7.71. The van der Waals surface area contributed by atoms with Gasteiger partial charge < -0.3 is 14.6 Å². The van der Waals surface area contributed by atoms with E-state index in [4.69, 9.17) is 9.47 Å². The molecule has 1 N–H and O–H groups in total. The van der Waals surface area contributed by atoms with E-state index >= 15 is 0 Å². The summed E-state index contributed by atoms with van der Waals surface area (Å²) in [4.78, 5) is 4.92. The molecule has 2 rings (SSSR count). The van der Waals surface area contributed by atoms with Crippen molar-refractivity contribution in [2.24, 2.45) is 0 Å². The lowest BCUT2D eigenvalue weighted by molar-refractivity contribution is -0.107. The van der Waals surface area contributed by atoms with E-state index in [-0.39, 0.29) is 0 Å². The van der Waals surface area contributed by atoms with E-state index in [1.54, 1.807) is 7.11 Å². The number of piperazine rings is 1. The van der Waals surface area contributed by atoms with Crippen molar-refractivity contribution in [2.45, 2.75) is 37.8 Å². The van der Waals surface area contributed by atoms with E-state index in [0.717, 1.165) is 65.2 Å². The first-order chi connectivity index (χ1) is 9.67. The summed E-state index contributed by atoms with van der Waals surface area (Å²) in [5.41, 5.74) is -0.634. The zero-order chi connectivity index (χ0) is 14.4. The molecule has 0 aliphatic carbocycles. The Bertz CT molecular complexity index is 282. The largest absolute Gasteiger partial charge is 0.386 e. The molecular weight excluding hydrogens is 256 g/mol. The molecular formula is C15H30N2O3. The predicted molar refractivity (Wildman–Crippen MR) is 79.0 cm³/mol. The van der Waals surface area contributed by atoms with Gasteiger partial charge in [-0.15, -0.1) is 0 Å². The van der Waals surface area contributed by atoms with Gasteiger partial charge in [-0.25, -0.2) is 0 Å². The SMILES string of the molecule is CCC1CN(CC2(O)CCCOC2)CCN1CCOC. The molecule has 20 heavy (non-hydrogen) atoms. The Hall–Kier alpha value is -0.200. The number of ether oxygens (including phenoxy) is 2. The second-order valence-corrected chi connectivity index (χ2v) is 6.21. The molecule has 5 heteroatoms. The van der Waals surface area contributed by atoms with Crippen LogP contribution in [0.3, 0.4) is 0 Å². The smallest absolute Gasteiger partial charge is 0.101 e. The van der Waals surface area contributed by atoms with Crippen LogP contribution in [-0.2, 0) is 9.47 Å². The minimum absolute atomic E-state index is 0.494. The lowest BCUT2D eigenvalue weighted by atomic mass is 9.95. The highest BCUT2D eigenvalue weighted by Gasteiger charge is 2.35. The van der Waals surface area contributed by atoms with Gasteiger partial charge in [-0.2, -0.15) is 0 Å². The van der Waals surface area contributed by atoms with Crippen LogP contribution in [0.5, 0.6) is 0 Å². The molecule has 0 bridgehead atoms. The summed E-state index contributed by atoms with van der Waals surface area (Å²) in [6.45, 7) is 9.24. The van der Waals surface area contributed by atoms with Gasteiger partial charge in [0.2, 0.25) is 0 Å². The molecule has 0 amide bonds. The van der Waals surface area contributed by atoms with Crippen molar-refractivity contribution in [3.05, 3.63) is 0 Å². The summed E-state index contributed by atoms with van der Waals surface area (Å²) in [5.74, 6) is 0. The molecule has 118 valence electrons. The zero-order valence-electron chi connectivity index (χ0n) is 13.0. The van der Waals surface area contributed by atoms with Gasteiger partial charge in [-0.05, 0) is 19.3 Å². The molecule has 2 fully saturated rings. The van der Waals surface area contributed by atoms with Gasteiger partial charge in [0.15, 0.2) is 0 Å². The summed E-state index contributed by atoms with van der Waals surface area (Å²) < 4.78 is 10.6. The van der Waals surface area contributed by atoms with Crippen LogP contribution in [0, 0.1) is 0 Å². The Morgan fingerprint density at radius 3 is 2.90 bits per heavy atom. The van der Waals surface area contributed by atoms with Crippen LogP contribution in [0.15, 0.2) is 0 Å². The summed E-state index contributed by atoms with van der Waals surface area (Å²) >= 11 is 0. The van der Waals surface area contributed by atoms with E-state index in [0.29, 0.717) is 12.6 Å². The molecule has 5 nitrogen and oxygen atoms in total. The van der Waals surface area contributed by atoms with Crippen molar-refractivity contribution >= 4 is 0 Å².